The maximum Gasteiger partial charge on any atom is 0.258 e. The van der Waals surface area contributed by atoms with Crippen LogP contribution in [0.4, 0.5) is 0 Å². The van der Waals surface area contributed by atoms with E-state index in [0.717, 1.165) is 26.4 Å². The molecule has 0 fully saturated rings. The number of nitrogens with zero attached hydrogens (tertiary/aromatic N) is 3. The molecule has 4 aromatic rings. The second-order valence-corrected chi connectivity index (χ2v) is 7.69. The van der Waals surface area contributed by atoms with Gasteiger partial charge in [-0.2, -0.15) is 0 Å². The van der Waals surface area contributed by atoms with Gasteiger partial charge >= 0.3 is 0 Å². The Morgan fingerprint density at radius 1 is 1.19 bits per heavy atom. The molecule has 0 amide bonds. The van der Waals surface area contributed by atoms with Crippen LogP contribution in [0.1, 0.15) is 11.4 Å². The van der Waals surface area contributed by atoms with Crippen LogP contribution in [0.15, 0.2) is 69.3 Å². The van der Waals surface area contributed by atoms with E-state index in [0.29, 0.717) is 17.0 Å². The molecule has 26 heavy (non-hydrogen) atoms. The highest BCUT2D eigenvalue weighted by Gasteiger charge is 2.10. The molecule has 0 aliphatic carbocycles. The number of hydrogen-bond acceptors (Lipinski definition) is 4. The third kappa shape index (κ3) is 3.32. The average molecular weight is 427 g/mol. The van der Waals surface area contributed by atoms with Crippen LogP contribution >= 0.6 is 27.7 Å². The van der Waals surface area contributed by atoms with Crippen LogP contribution in [0.3, 0.4) is 0 Å². The molecular formula is C19H15BrN4OS. The van der Waals surface area contributed by atoms with E-state index in [9.17, 15) is 4.79 Å². The molecule has 2 aromatic carbocycles. The molecular weight excluding hydrogens is 412 g/mol. The number of nitrogens with one attached hydrogen (secondary N) is 1. The van der Waals surface area contributed by atoms with Gasteiger partial charge in [-0.15, -0.1) is 0 Å². The molecule has 0 bridgehead atoms. The summed E-state index contributed by atoms with van der Waals surface area (Å²) in [5, 5.41) is 1.47. The second kappa shape index (κ2) is 7.09. The molecule has 4 rings (SSSR count). The van der Waals surface area contributed by atoms with Crippen LogP contribution in [0.2, 0.25) is 0 Å². The van der Waals surface area contributed by atoms with Crippen LogP contribution in [0.5, 0.6) is 0 Å². The largest absolute Gasteiger partial charge is 0.309 e. The molecule has 2 heterocycles. The van der Waals surface area contributed by atoms with Crippen LogP contribution < -0.4 is 5.56 Å². The average Bonchev–Trinajstić information content (AvgIpc) is 3.10. The molecule has 0 saturated carbocycles. The number of para-hydroxylation sites is 1. The van der Waals surface area contributed by atoms with E-state index in [1.807, 2.05) is 54.1 Å². The summed E-state index contributed by atoms with van der Waals surface area (Å²) in [5.41, 5.74) is 2.67. The zero-order valence-corrected chi connectivity index (χ0v) is 16.3. The van der Waals surface area contributed by atoms with Gasteiger partial charge in [0.15, 0.2) is 5.16 Å². The van der Waals surface area contributed by atoms with Crippen molar-refractivity contribution in [1.82, 2.24) is 19.5 Å². The zero-order chi connectivity index (χ0) is 18.1. The number of aromatic nitrogens is 4. The van der Waals surface area contributed by atoms with Gasteiger partial charge in [-0.3, -0.25) is 9.36 Å². The highest BCUT2D eigenvalue weighted by atomic mass is 79.9. The van der Waals surface area contributed by atoms with Crippen LogP contribution in [0, 0.1) is 6.92 Å². The smallest absolute Gasteiger partial charge is 0.258 e. The van der Waals surface area contributed by atoms with E-state index in [1.165, 1.54) is 11.8 Å². The van der Waals surface area contributed by atoms with Crippen molar-refractivity contribution in [1.29, 1.82) is 0 Å². The van der Waals surface area contributed by atoms with Gasteiger partial charge in [0.25, 0.3) is 5.56 Å². The Labute approximate surface area is 162 Å². The van der Waals surface area contributed by atoms with Gasteiger partial charge in [-0.25, -0.2) is 9.97 Å². The topological polar surface area (TPSA) is 63.6 Å². The van der Waals surface area contributed by atoms with Crippen molar-refractivity contribution in [2.45, 2.75) is 17.8 Å². The first kappa shape index (κ1) is 17.1. The maximum absolute atomic E-state index is 12.3. The number of benzene rings is 2. The summed E-state index contributed by atoms with van der Waals surface area (Å²) in [4.78, 5) is 24.2. The molecule has 0 atom stereocenters. The second-order valence-electron chi connectivity index (χ2n) is 5.83. The molecule has 2 aromatic heterocycles. The fraction of sp³-hybridized carbons (Fsp3) is 0.105. The van der Waals surface area contributed by atoms with Gasteiger partial charge in [0.2, 0.25) is 0 Å². The number of aromatic amines is 1. The molecule has 1 N–H and O–H groups in total. The van der Waals surface area contributed by atoms with Crippen molar-refractivity contribution >= 4 is 38.6 Å². The minimum Gasteiger partial charge on any atom is -0.309 e. The third-order valence-corrected chi connectivity index (χ3v) is 5.54. The summed E-state index contributed by atoms with van der Waals surface area (Å²) in [6.45, 7) is 1.96. The number of thioether (sulfide) groups is 1. The van der Waals surface area contributed by atoms with Gasteiger partial charge in [0.1, 0.15) is 5.82 Å². The molecule has 0 saturated heterocycles. The molecule has 0 radical (unpaired) electrons. The van der Waals surface area contributed by atoms with E-state index in [-0.39, 0.29) is 5.56 Å². The SMILES string of the molecule is Cc1cccc2c(=O)[nH]c(CSc3nccn3-c3ccc(Br)cc3)nc12. The third-order valence-electron chi connectivity index (χ3n) is 4.04. The van der Waals surface area contributed by atoms with E-state index < -0.39 is 0 Å². The Bertz CT molecular complexity index is 1130. The lowest BCUT2D eigenvalue weighted by Crippen LogP contribution is -2.12. The zero-order valence-electron chi connectivity index (χ0n) is 13.9. The Morgan fingerprint density at radius 3 is 2.81 bits per heavy atom. The fourth-order valence-corrected chi connectivity index (χ4v) is 3.86. The monoisotopic (exact) mass is 426 g/mol. The summed E-state index contributed by atoms with van der Waals surface area (Å²) in [6, 6.07) is 13.7. The van der Waals surface area contributed by atoms with Crippen molar-refractivity contribution in [3.05, 3.63) is 81.1 Å². The Balaban J connectivity index is 1.62. The summed E-state index contributed by atoms with van der Waals surface area (Å²) >= 11 is 4.99. The summed E-state index contributed by atoms with van der Waals surface area (Å²) < 4.78 is 3.05. The predicted molar refractivity (Wildman–Crippen MR) is 108 cm³/mol. The fourth-order valence-electron chi connectivity index (χ4n) is 2.75. The van der Waals surface area contributed by atoms with Crippen LogP contribution in [-0.2, 0) is 5.75 Å². The highest BCUT2D eigenvalue weighted by Crippen LogP contribution is 2.24. The number of rotatable bonds is 4. The molecule has 5 nitrogen and oxygen atoms in total. The first-order chi connectivity index (χ1) is 12.6. The van der Waals surface area contributed by atoms with Crippen molar-refractivity contribution in [3.8, 4) is 5.69 Å². The van der Waals surface area contributed by atoms with Crippen molar-refractivity contribution in [3.63, 3.8) is 0 Å². The number of aryl methyl sites for hydroxylation is 1. The highest BCUT2D eigenvalue weighted by molar-refractivity contribution is 9.10. The van der Waals surface area contributed by atoms with Crippen molar-refractivity contribution in [2.75, 3.05) is 0 Å². The minimum absolute atomic E-state index is 0.106. The lowest BCUT2D eigenvalue weighted by atomic mass is 10.1. The van der Waals surface area contributed by atoms with E-state index >= 15 is 0 Å². The quantitative estimate of drug-likeness (QED) is 0.488. The van der Waals surface area contributed by atoms with Gasteiger partial charge in [-0.05, 0) is 42.8 Å². The van der Waals surface area contributed by atoms with Gasteiger partial charge < -0.3 is 4.98 Å². The number of hydrogen-bond donors (Lipinski definition) is 1. The molecule has 0 unspecified atom stereocenters. The van der Waals surface area contributed by atoms with Crippen LogP contribution in [-0.4, -0.2) is 19.5 Å². The van der Waals surface area contributed by atoms with Crippen molar-refractivity contribution in [2.24, 2.45) is 0 Å². The Morgan fingerprint density at radius 2 is 2.00 bits per heavy atom. The molecule has 0 spiro atoms. The van der Waals surface area contributed by atoms with Gasteiger partial charge in [-0.1, -0.05) is 39.8 Å². The number of fused-ring (bicyclic) bond motifs is 1. The Kier molecular flexibility index (Phi) is 4.65. The summed E-state index contributed by atoms with van der Waals surface area (Å²) in [5.74, 6) is 1.18. The number of imidazole rings is 1. The lowest BCUT2D eigenvalue weighted by Gasteiger charge is -2.08. The van der Waals surface area contributed by atoms with Crippen LogP contribution in [0.25, 0.3) is 16.6 Å². The van der Waals surface area contributed by atoms with Gasteiger partial charge in [0.05, 0.1) is 16.7 Å². The van der Waals surface area contributed by atoms with Crippen molar-refractivity contribution < 1.29 is 0 Å². The van der Waals surface area contributed by atoms with Gasteiger partial charge in [0, 0.05) is 22.6 Å². The Hall–Kier alpha value is -2.38. The molecule has 0 aliphatic rings. The number of halogens is 1. The molecule has 130 valence electrons. The summed E-state index contributed by atoms with van der Waals surface area (Å²) in [6.07, 6.45) is 3.69. The molecule has 0 aliphatic heterocycles. The first-order valence-corrected chi connectivity index (χ1v) is 9.80. The minimum atomic E-state index is -0.106. The summed E-state index contributed by atoms with van der Waals surface area (Å²) in [7, 11) is 0. The first-order valence-electron chi connectivity index (χ1n) is 8.02. The van der Waals surface area contributed by atoms with E-state index in [4.69, 9.17) is 0 Å². The standard InChI is InChI=1S/C19H15BrN4OS/c1-12-3-2-4-15-17(12)22-16(23-18(15)25)11-26-19-21-9-10-24(19)14-7-5-13(20)6-8-14/h2-10H,11H2,1H3,(H,22,23,25). The predicted octanol–water partition coefficient (Wildman–Crippen LogP) is 4.47. The van der Waals surface area contributed by atoms with E-state index in [1.54, 1.807) is 12.3 Å². The molecule has 7 heteroatoms. The number of H-pyrrole nitrogens is 1. The normalized spacial score (nSPS) is 11.2. The lowest BCUT2D eigenvalue weighted by molar-refractivity contribution is 0.892. The van der Waals surface area contributed by atoms with E-state index in [2.05, 4.69) is 30.9 Å². The maximum atomic E-state index is 12.3.